The lowest BCUT2D eigenvalue weighted by Crippen LogP contribution is -1.80. The van der Waals surface area contributed by atoms with Crippen molar-refractivity contribution in [2.45, 2.75) is 4.71 Å². The normalized spacial score (nSPS) is 20.5. The Labute approximate surface area is 56.1 Å². The topological polar surface area (TPSA) is 29.4 Å². The first kappa shape index (κ1) is 6.20. The lowest BCUT2D eigenvalue weighted by atomic mass is 11.0. The van der Waals surface area contributed by atoms with Crippen molar-refractivity contribution in [1.29, 1.82) is 0 Å². The molecule has 1 fully saturated rings. The highest BCUT2D eigenvalue weighted by Crippen LogP contribution is 2.31. The van der Waals surface area contributed by atoms with E-state index < -0.39 is 0 Å². The van der Waals surface area contributed by atoms with E-state index in [1.807, 2.05) is 0 Å². The third-order valence-corrected chi connectivity index (χ3v) is 3.50. The highest BCUT2D eigenvalue weighted by Gasteiger charge is 2.13. The highest BCUT2D eigenvalue weighted by molar-refractivity contribution is 8.20. The third-order valence-electron chi connectivity index (χ3n) is 0.762. The van der Waals surface area contributed by atoms with Gasteiger partial charge in [-0.15, -0.1) is 23.5 Å². The molecule has 8 heavy (non-hydrogen) atoms. The molecule has 0 spiro atoms. The Bertz CT molecular complexity index is 115. The number of hydrogen-bond acceptors (Lipinski definition) is 4. The number of carbonyl (C=O) groups excluding carboxylic acids is 1. The molecule has 0 aliphatic carbocycles. The van der Waals surface area contributed by atoms with Gasteiger partial charge in [0.15, 0.2) is 4.71 Å². The molecular formula is C4H5NOS2. The minimum atomic E-state index is 0.146. The predicted octanol–water partition coefficient (Wildman–Crippen LogP) is 1.09. The standard InChI is InChI=1S/C4H5NOS2/c6-3-5-4-7-1-2-8-4/h4H,1-2H2. The van der Waals surface area contributed by atoms with Crippen molar-refractivity contribution in [2.24, 2.45) is 4.99 Å². The molecule has 4 heteroatoms. The van der Waals surface area contributed by atoms with E-state index in [1.165, 1.54) is 0 Å². The van der Waals surface area contributed by atoms with Crippen LogP contribution >= 0.6 is 23.5 Å². The summed E-state index contributed by atoms with van der Waals surface area (Å²) in [5, 5.41) is 0. The number of rotatable bonds is 1. The minimum Gasteiger partial charge on any atom is -0.211 e. The van der Waals surface area contributed by atoms with Gasteiger partial charge < -0.3 is 0 Å². The van der Waals surface area contributed by atoms with Crippen LogP contribution < -0.4 is 0 Å². The zero-order valence-electron chi connectivity index (χ0n) is 4.16. The Morgan fingerprint density at radius 2 is 2.12 bits per heavy atom. The SMILES string of the molecule is O=C=NC1SCCS1. The van der Waals surface area contributed by atoms with Crippen molar-refractivity contribution in [1.82, 2.24) is 0 Å². The summed E-state index contributed by atoms with van der Waals surface area (Å²) in [5.74, 6) is 2.22. The molecule has 44 valence electrons. The molecule has 1 heterocycles. The fourth-order valence-electron chi connectivity index (χ4n) is 0.464. The summed E-state index contributed by atoms with van der Waals surface area (Å²) in [6, 6.07) is 0. The van der Waals surface area contributed by atoms with Crippen LogP contribution in [0.2, 0.25) is 0 Å². The van der Waals surface area contributed by atoms with E-state index >= 15 is 0 Å². The molecule has 0 aromatic heterocycles. The lowest BCUT2D eigenvalue weighted by Gasteiger charge is -1.91. The number of hydrogen-bond donors (Lipinski definition) is 0. The maximum atomic E-state index is 9.64. The van der Waals surface area contributed by atoms with Crippen LogP contribution in [0.5, 0.6) is 0 Å². The summed E-state index contributed by atoms with van der Waals surface area (Å²) >= 11 is 3.40. The average Bonchev–Trinajstić information content (AvgIpc) is 2.19. The van der Waals surface area contributed by atoms with Gasteiger partial charge in [-0.3, -0.25) is 0 Å². The average molecular weight is 147 g/mol. The maximum absolute atomic E-state index is 9.64. The summed E-state index contributed by atoms with van der Waals surface area (Å²) in [6.07, 6.45) is 1.54. The second-order valence-corrected chi connectivity index (χ2v) is 3.94. The van der Waals surface area contributed by atoms with E-state index in [4.69, 9.17) is 0 Å². The van der Waals surface area contributed by atoms with Gasteiger partial charge in [-0.05, 0) is 0 Å². The summed E-state index contributed by atoms with van der Waals surface area (Å²) in [6.45, 7) is 0. The Hall–Kier alpha value is 0.0800. The van der Waals surface area contributed by atoms with Crippen molar-refractivity contribution in [2.75, 3.05) is 11.5 Å². The van der Waals surface area contributed by atoms with Gasteiger partial charge in [0.1, 0.15) is 0 Å². The number of nitrogens with zero attached hydrogens (tertiary/aromatic N) is 1. The van der Waals surface area contributed by atoms with Crippen molar-refractivity contribution in [3.05, 3.63) is 0 Å². The second-order valence-electron chi connectivity index (χ2n) is 1.27. The van der Waals surface area contributed by atoms with E-state index in [0.29, 0.717) is 0 Å². The van der Waals surface area contributed by atoms with E-state index in [1.54, 1.807) is 29.6 Å². The van der Waals surface area contributed by atoms with Gasteiger partial charge in [0.05, 0.1) is 0 Å². The van der Waals surface area contributed by atoms with Crippen LogP contribution in [0.3, 0.4) is 0 Å². The van der Waals surface area contributed by atoms with Crippen molar-refractivity contribution in [3.8, 4) is 0 Å². The van der Waals surface area contributed by atoms with Gasteiger partial charge in [-0.2, -0.15) is 4.99 Å². The Kier molecular flexibility index (Phi) is 2.46. The molecule has 0 N–H and O–H groups in total. The van der Waals surface area contributed by atoms with Crippen molar-refractivity contribution < 1.29 is 4.79 Å². The summed E-state index contributed by atoms with van der Waals surface area (Å²) in [5.41, 5.74) is 0. The largest absolute Gasteiger partial charge is 0.236 e. The summed E-state index contributed by atoms with van der Waals surface area (Å²) in [4.78, 5) is 13.2. The molecule has 0 bridgehead atoms. The van der Waals surface area contributed by atoms with Gasteiger partial charge in [0.25, 0.3) is 0 Å². The molecule has 0 amide bonds. The molecule has 0 atom stereocenters. The van der Waals surface area contributed by atoms with Gasteiger partial charge in [-0.25, -0.2) is 4.79 Å². The van der Waals surface area contributed by atoms with Crippen molar-refractivity contribution in [3.63, 3.8) is 0 Å². The minimum absolute atomic E-state index is 0.146. The lowest BCUT2D eigenvalue weighted by molar-refractivity contribution is 0.564. The molecule has 0 radical (unpaired) electrons. The van der Waals surface area contributed by atoms with Crippen LogP contribution in [0.1, 0.15) is 0 Å². The van der Waals surface area contributed by atoms with Crippen LogP contribution in [0.4, 0.5) is 0 Å². The molecule has 0 unspecified atom stereocenters. The molecule has 2 nitrogen and oxygen atoms in total. The first-order chi connectivity index (χ1) is 3.93. The zero-order valence-corrected chi connectivity index (χ0v) is 5.80. The first-order valence-electron chi connectivity index (χ1n) is 2.23. The van der Waals surface area contributed by atoms with Gasteiger partial charge >= 0.3 is 0 Å². The number of aliphatic imine (C=N–C) groups is 1. The Morgan fingerprint density at radius 3 is 2.62 bits per heavy atom. The fourth-order valence-corrected chi connectivity index (χ4v) is 2.83. The Morgan fingerprint density at radius 1 is 1.50 bits per heavy atom. The van der Waals surface area contributed by atoms with Crippen LogP contribution in [0, 0.1) is 0 Å². The van der Waals surface area contributed by atoms with E-state index in [2.05, 4.69) is 4.99 Å². The quantitative estimate of drug-likeness (QED) is 0.410. The fraction of sp³-hybridized carbons (Fsp3) is 0.750. The molecular weight excluding hydrogens is 142 g/mol. The predicted molar refractivity (Wildman–Crippen MR) is 36.8 cm³/mol. The second kappa shape index (κ2) is 3.17. The van der Waals surface area contributed by atoms with Crippen LogP contribution in [0.25, 0.3) is 0 Å². The van der Waals surface area contributed by atoms with E-state index in [-0.39, 0.29) is 4.71 Å². The van der Waals surface area contributed by atoms with Crippen LogP contribution in [0.15, 0.2) is 4.99 Å². The maximum Gasteiger partial charge on any atom is 0.236 e. The molecule has 1 rings (SSSR count). The highest BCUT2D eigenvalue weighted by atomic mass is 32.2. The van der Waals surface area contributed by atoms with Crippen LogP contribution in [-0.4, -0.2) is 22.3 Å². The molecule has 1 aliphatic rings. The summed E-state index contributed by atoms with van der Waals surface area (Å²) < 4.78 is 0.146. The monoisotopic (exact) mass is 147 g/mol. The number of thioether (sulfide) groups is 2. The van der Waals surface area contributed by atoms with Gasteiger partial charge in [-0.1, -0.05) is 0 Å². The van der Waals surface area contributed by atoms with Crippen molar-refractivity contribution >= 4 is 29.6 Å². The smallest absolute Gasteiger partial charge is 0.211 e. The first-order valence-corrected chi connectivity index (χ1v) is 4.33. The van der Waals surface area contributed by atoms with E-state index in [0.717, 1.165) is 11.5 Å². The van der Waals surface area contributed by atoms with Gasteiger partial charge in [0, 0.05) is 11.5 Å². The third kappa shape index (κ3) is 1.54. The molecule has 0 saturated carbocycles. The zero-order chi connectivity index (χ0) is 5.82. The van der Waals surface area contributed by atoms with E-state index in [9.17, 15) is 4.79 Å². The summed E-state index contributed by atoms with van der Waals surface area (Å²) in [7, 11) is 0. The van der Waals surface area contributed by atoms with Crippen LogP contribution in [-0.2, 0) is 4.79 Å². The molecule has 1 saturated heterocycles. The molecule has 0 aromatic rings. The molecule has 0 aromatic carbocycles. The Balaban J connectivity index is 2.35. The van der Waals surface area contributed by atoms with Gasteiger partial charge in [0.2, 0.25) is 6.08 Å². The number of isocyanates is 1. The molecule has 1 aliphatic heterocycles.